The number of hydrogen-bond donors (Lipinski definition) is 0. The van der Waals surface area contributed by atoms with E-state index in [1.165, 1.54) is 6.42 Å². The first-order chi connectivity index (χ1) is 10.8. The highest BCUT2D eigenvalue weighted by Gasteiger charge is 2.17. The predicted octanol–water partition coefficient (Wildman–Crippen LogP) is 4.73. The van der Waals surface area contributed by atoms with Crippen LogP contribution in [0.1, 0.15) is 30.6 Å². The van der Waals surface area contributed by atoms with Crippen molar-refractivity contribution in [3.05, 3.63) is 70.1 Å². The standard InChI is InChI=1S/C20H18O2/c21-20-16-9-5-2-6-10-18(16)22-19-12-11-15(13-17(19)20)14-7-3-1-4-8-14/h1,3-4,7-8,11-13H,2,5-6,9-10H2. The molecule has 2 aromatic carbocycles. The van der Waals surface area contributed by atoms with Crippen LogP contribution in [0.25, 0.3) is 22.1 Å². The third-order valence-corrected chi connectivity index (χ3v) is 4.51. The quantitative estimate of drug-likeness (QED) is 0.606. The van der Waals surface area contributed by atoms with Gasteiger partial charge in [-0.15, -0.1) is 0 Å². The summed E-state index contributed by atoms with van der Waals surface area (Å²) in [6.07, 6.45) is 5.12. The van der Waals surface area contributed by atoms with Crippen LogP contribution in [-0.2, 0) is 12.8 Å². The van der Waals surface area contributed by atoms with Crippen LogP contribution in [0.15, 0.2) is 57.7 Å². The highest BCUT2D eigenvalue weighted by molar-refractivity contribution is 5.83. The van der Waals surface area contributed by atoms with E-state index < -0.39 is 0 Å². The zero-order valence-corrected chi connectivity index (χ0v) is 12.5. The van der Waals surface area contributed by atoms with Crippen molar-refractivity contribution in [2.24, 2.45) is 0 Å². The molecule has 0 N–H and O–H groups in total. The normalized spacial score (nSPS) is 14.5. The van der Waals surface area contributed by atoms with Crippen LogP contribution in [0, 0.1) is 0 Å². The molecule has 1 aromatic heterocycles. The number of rotatable bonds is 1. The lowest BCUT2D eigenvalue weighted by Gasteiger charge is -2.08. The molecule has 0 saturated heterocycles. The third-order valence-electron chi connectivity index (χ3n) is 4.51. The second kappa shape index (κ2) is 5.45. The highest BCUT2D eigenvalue weighted by atomic mass is 16.3. The maximum absolute atomic E-state index is 12.8. The molecule has 4 rings (SSSR count). The zero-order valence-electron chi connectivity index (χ0n) is 12.5. The Morgan fingerprint density at radius 1 is 0.818 bits per heavy atom. The molecular formula is C20H18O2. The van der Waals surface area contributed by atoms with Crippen molar-refractivity contribution in [2.75, 3.05) is 0 Å². The highest BCUT2D eigenvalue weighted by Crippen LogP contribution is 2.26. The summed E-state index contributed by atoms with van der Waals surface area (Å²) in [5.74, 6) is 0.905. The molecule has 1 heterocycles. The summed E-state index contributed by atoms with van der Waals surface area (Å²) in [6, 6.07) is 16.1. The monoisotopic (exact) mass is 290 g/mol. The summed E-state index contributed by atoms with van der Waals surface area (Å²) >= 11 is 0. The van der Waals surface area contributed by atoms with Gasteiger partial charge in [0.05, 0.1) is 5.39 Å². The molecule has 1 aliphatic rings. The van der Waals surface area contributed by atoms with Crippen molar-refractivity contribution in [3.63, 3.8) is 0 Å². The molecule has 2 heteroatoms. The Bertz CT molecular complexity index is 875. The van der Waals surface area contributed by atoms with E-state index in [1.807, 2.05) is 36.4 Å². The minimum atomic E-state index is 0.163. The second-order valence-electron chi connectivity index (χ2n) is 5.97. The van der Waals surface area contributed by atoms with E-state index in [0.717, 1.165) is 48.1 Å². The Labute approximate surface area is 129 Å². The summed E-state index contributed by atoms with van der Waals surface area (Å²) < 4.78 is 6.04. The van der Waals surface area contributed by atoms with Gasteiger partial charge < -0.3 is 4.42 Å². The van der Waals surface area contributed by atoms with Crippen LogP contribution in [0.3, 0.4) is 0 Å². The van der Waals surface area contributed by atoms with Crippen LogP contribution in [0.2, 0.25) is 0 Å². The number of aryl methyl sites for hydroxylation is 1. The number of hydrogen-bond acceptors (Lipinski definition) is 2. The van der Waals surface area contributed by atoms with Gasteiger partial charge in [-0.3, -0.25) is 4.79 Å². The average molecular weight is 290 g/mol. The largest absolute Gasteiger partial charge is 0.461 e. The van der Waals surface area contributed by atoms with Crippen LogP contribution in [0.4, 0.5) is 0 Å². The molecule has 0 amide bonds. The Morgan fingerprint density at radius 3 is 2.50 bits per heavy atom. The fourth-order valence-corrected chi connectivity index (χ4v) is 3.31. The molecule has 110 valence electrons. The Kier molecular flexibility index (Phi) is 3.30. The van der Waals surface area contributed by atoms with E-state index in [2.05, 4.69) is 12.1 Å². The molecule has 3 aromatic rings. The SMILES string of the molecule is O=c1c2c(oc3ccc(-c4ccccc4)cc13)CCCCC2. The van der Waals surface area contributed by atoms with E-state index in [9.17, 15) is 4.79 Å². The second-order valence-corrected chi connectivity index (χ2v) is 5.97. The van der Waals surface area contributed by atoms with Gasteiger partial charge in [0, 0.05) is 12.0 Å². The number of benzene rings is 2. The molecule has 0 atom stereocenters. The minimum absolute atomic E-state index is 0.163. The van der Waals surface area contributed by atoms with Crippen LogP contribution in [-0.4, -0.2) is 0 Å². The van der Waals surface area contributed by atoms with Gasteiger partial charge in [-0.25, -0.2) is 0 Å². The van der Waals surface area contributed by atoms with Gasteiger partial charge >= 0.3 is 0 Å². The molecule has 2 nitrogen and oxygen atoms in total. The van der Waals surface area contributed by atoms with Crippen LogP contribution in [0.5, 0.6) is 0 Å². The third kappa shape index (κ3) is 2.25. The smallest absolute Gasteiger partial charge is 0.196 e. The van der Waals surface area contributed by atoms with E-state index in [1.54, 1.807) is 0 Å². The molecule has 0 fully saturated rings. The average Bonchev–Trinajstić information content (AvgIpc) is 2.81. The van der Waals surface area contributed by atoms with Gasteiger partial charge in [0.15, 0.2) is 5.43 Å². The molecule has 1 aliphatic carbocycles. The molecule has 22 heavy (non-hydrogen) atoms. The fourth-order valence-electron chi connectivity index (χ4n) is 3.31. The zero-order chi connectivity index (χ0) is 14.9. The van der Waals surface area contributed by atoms with Crippen molar-refractivity contribution >= 4 is 11.0 Å². The van der Waals surface area contributed by atoms with Gasteiger partial charge in [0.1, 0.15) is 11.3 Å². The maximum Gasteiger partial charge on any atom is 0.196 e. The summed E-state index contributed by atoms with van der Waals surface area (Å²) in [5.41, 5.74) is 3.96. The van der Waals surface area contributed by atoms with Crippen molar-refractivity contribution < 1.29 is 4.42 Å². The molecule has 0 radical (unpaired) electrons. The van der Waals surface area contributed by atoms with Crippen molar-refractivity contribution in [1.82, 2.24) is 0 Å². The van der Waals surface area contributed by atoms with E-state index >= 15 is 0 Å². The van der Waals surface area contributed by atoms with Gasteiger partial charge in [-0.1, -0.05) is 42.8 Å². The Morgan fingerprint density at radius 2 is 1.64 bits per heavy atom. The van der Waals surface area contributed by atoms with E-state index in [0.29, 0.717) is 11.0 Å². The van der Waals surface area contributed by atoms with Gasteiger partial charge in [-0.2, -0.15) is 0 Å². The predicted molar refractivity (Wildman–Crippen MR) is 89.2 cm³/mol. The van der Waals surface area contributed by atoms with Crippen LogP contribution >= 0.6 is 0 Å². The minimum Gasteiger partial charge on any atom is -0.461 e. The summed E-state index contributed by atoms with van der Waals surface area (Å²) in [5, 5.41) is 0.710. The summed E-state index contributed by atoms with van der Waals surface area (Å²) in [6.45, 7) is 0. The Balaban J connectivity index is 1.93. The first-order valence-electron chi connectivity index (χ1n) is 7.97. The molecule has 0 bridgehead atoms. The van der Waals surface area contributed by atoms with Crippen molar-refractivity contribution in [3.8, 4) is 11.1 Å². The molecule has 0 unspecified atom stereocenters. The first-order valence-corrected chi connectivity index (χ1v) is 7.97. The Hall–Kier alpha value is -2.35. The van der Waals surface area contributed by atoms with Gasteiger partial charge in [0.2, 0.25) is 0 Å². The number of fused-ring (bicyclic) bond motifs is 2. The lowest BCUT2D eigenvalue weighted by molar-refractivity contribution is 0.525. The summed E-state index contributed by atoms with van der Waals surface area (Å²) in [7, 11) is 0. The van der Waals surface area contributed by atoms with E-state index in [4.69, 9.17) is 4.42 Å². The topological polar surface area (TPSA) is 30.2 Å². The van der Waals surface area contributed by atoms with Crippen molar-refractivity contribution in [2.45, 2.75) is 32.1 Å². The maximum atomic E-state index is 12.8. The first kappa shape index (κ1) is 13.3. The summed E-state index contributed by atoms with van der Waals surface area (Å²) in [4.78, 5) is 12.8. The lowest BCUT2D eigenvalue weighted by Crippen LogP contribution is -2.11. The van der Waals surface area contributed by atoms with Gasteiger partial charge in [0.25, 0.3) is 0 Å². The van der Waals surface area contributed by atoms with Crippen LogP contribution < -0.4 is 5.43 Å². The molecule has 0 saturated carbocycles. The van der Waals surface area contributed by atoms with E-state index in [-0.39, 0.29) is 5.43 Å². The fraction of sp³-hybridized carbons (Fsp3) is 0.250. The molecule has 0 aliphatic heterocycles. The molecule has 0 spiro atoms. The van der Waals surface area contributed by atoms with Gasteiger partial charge in [-0.05, 0) is 42.5 Å². The lowest BCUT2D eigenvalue weighted by atomic mass is 10.0. The van der Waals surface area contributed by atoms with Crippen molar-refractivity contribution in [1.29, 1.82) is 0 Å². The molecular weight excluding hydrogens is 272 g/mol.